The molecule has 0 radical (unpaired) electrons. The molecule has 5 heteroatoms. The summed E-state index contributed by atoms with van der Waals surface area (Å²) in [5, 5.41) is 3.48. The molecular weight excluding hydrogens is 254 g/mol. The molecule has 0 aliphatic heterocycles. The first-order valence-electron chi connectivity index (χ1n) is 6.27. The van der Waals surface area contributed by atoms with Gasteiger partial charge in [0.25, 0.3) is 0 Å². The van der Waals surface area contributed by atoms with Gasteiger partial charge in [-0.2, -0.15) is 0 Å². The van der Waals surface area contributed by atoms with Crippen LogP contribution >= 0.6 is 0 Å². The summed E-state index contributed by atoms with van der Waals surface area (Å²) in [5.74, 6) is 4.82. The summed E-state index contributed by atoms with van der Waals surface area (Å²) < 4.78 is 1.85. The third-order valence-corrected chi connectivity index (χ3v) is 3.21. The minimum absolute atomic E-state index is 0.00534. The van der Waals surface area contributed by atoms with Gasteiger partial charge >= 0.3 is 0 Å². The molecule has 0 saturated carbocycles. The molecule has 0 bridgehead atoms. The molecule has 2 N–H and O–H groups in total. The van der Waals surface area contributed by atoms with E-state index < -0.39 is 0 Å². The van der Waals surface area contributed by atoms with Gasteiger partial charge in [0.05, 0.1) is 11.9 Å². The van der Waals surface area contributed by atoms with Gasteiger partial charge in [-0.3, -0.25) is 4.79 Å². The molecule has 1 heterocycles. The normalized spacial score (nSPS) is 10.9. The zero-order chi connectivity index (χ0) is 14.5. The van der Waals surface area contributed by atoms with Crippen LogP contribution in [0.1, 0.15) is 27.3 Å². The second kappa shape index (κ2) is 6.16. The number of nitrogens with zero attached hydrogens (tertiary/aromatic N) is 2. The van der Waals surface area contributed by atoms with Crippen molar-refractivity contribution in [2.24, 2.45) is 18.1 Å². The Bertz CT molecular complexity index is 627. The first-order valence-corrected chi connectivity index (χ1v) is 6.27. The van der Waals surface area contributed by atoms with Gasteiger partial charge in [-0.05, 0) is 19.1 Å². The summed E-state index contributed by atoms with van der Waals surface area (Å²) >= 11 is 0. The zero-order valence-corrected chi connectivity index (χ0v) is 11.5. The molecule has 1 aromatic carbocycles. The van der Waals surface area contributed by atoms with E-state index in [0.29, 0.717) is 17.7 Å². The first-order chi connectivity index (χ1) is 9.63. The van der Waals surface area contributed by atoms with Crippen molar-refractivity contribution in [1.82, 2.24) is 4.57 Å². The molecule has 0 atom stereocenters. The van der Waals surface area contributed by atoms with Crippen molar-refractivity contribution < 1.29 is 9.73 Å². The highest BCUT2D eigenvalue weighted by Gasteiger charge is 2.14. The Morgan fingerprint density at radius 1 is 1.30 bits per heavy atom. The average Bonchev–Trinajstić information content (AvgIpc) is 2.81. The number of carbonyl (C=O) groups excluding carboxylic acids is 1. The van der Waals surface area contributed by atoms with Gasteiger partial charge in [0.15, 0.2) is 0 Å². The number of nitrogens with two attached hydrogens (primary N) is 1. The second-order valence-corrected chi connectivity index (χ2v) is 4.56. The summed E-state index contributed by atoms with van der Waals surface area (Å²) in [7, 11) is 1.86. The topological polar surface area (TPSA) is 69.6 Å². The molecule has 0 fully saturated rings. The van der Waals surface area contributed by atoms with Crippen LogP contribution < -0.4 is 5.90 Å². The fraction of sp³-hybridized carbons (Fsp3) is 0.200. The van der Waals surface area contributed by atoms with Crippen LogP contribution in [0.5, 0.6) is 0 Å². The molecule has 0 aliphatic rings. The van der Waals surface area contributed by atoms with E-state index in [1.54, 1.807) is 6.21 Å². The van der Waals surface area contributed by atoms with E-state index in [-0.39, 0.29) is 5.78 Å². The highest BCUT2D eigenvalue weighted by molar-refractivity contribution is 6.08. The maximum absolute atomic E-state index is 12.4. The van der Waals surface area contributed by atoms with Gasteiger partial charge in [-0.15, -0.1) is 5.90 Å². The van der Waals surface area contributed by atoms with Crippen LogP contribution in [0.4, 0.5) is 0 Å². The third-order valence-electron chi connectivity index (χ3n) is 3.21. The summed E-state index contributed by atoms with van der Waals surface area (Å²) in [4.78, 5) is 16.6. The average molecular weight is 271 g/mol. The van der Waals surface area contributed by atoms with E-state index in [9.17, 15) is 4.79 Å². The third kappa shape index (κ3) is 2.95. The van der Waals surface area contributed by atoms with Gasteiger partial charge in [0.1, 0.15) is 0 Å². The van der Waals surface area contributed by atoms with Crippen LogP contribution in [0.3, 0.4) is 0 Å². The van der Waals surface area contributed by atoms with Crippen molar-refractivity contribution in [1.29, 1.82) is 0 Å². The van der Waals surface area contributed by atoms with E-state index in [1.165, 1.54) is 0 Å². The summed E-state index contributed by atoms with van der Waals surface area (Å²) in [6.07, 6.45) is 2.10. The Labute approximate surface area is 117 Å². The van der Waals surface area contributed by atoms with Crippen LogP contribution in [-0.4, -0.2) is 16.6 Å². The van der Waals surface area contributed by atoms with Crippen molar-refractivity contribution >= 4 is 12.0 Å². The number of rotatable bonds is 5. The van der Waals surface area contributed by atoms with Crippen LogP contribution in [-0.2, 0) is 18.4 Å². The molecule has 0 spiro atoms. The fourth-order valence-electron chi connectivity index (χ4n) is 2.01. The van der Waals surface area contributed by atoms with Crippen molar-refractivity contribution in [2.75, 3.05) is 0 Å². The molecule has 20 heavy (non-hydrogen) atoms. The van der Waals surface area contributed by atoms with Gasteiger partial charge in [0, 0.05) is 24.7 Å². The van der Waals surface area contributed by atoms with Gasteiger partial charge < -0.3 is 9.51 Å². The largest absolute Gasteiger partial charge is 0.345 e. The van der Waals surface area contributed by atoms with Crippen LogP contribution in [0.25, 0.3) is 0 Å². The van der Waals surface area contributed by atoms with Gasteiger partial charge in [-0.25, -0.2) is 0 Å². The fourth-order valence-corrected chi connectivity index (χ4v) is 2.01. The lowest BCUT2D eigenvalue weighted by Gasteiger charge is -2.06. The van der Waals surface area contributed by atoms with E-state index in [4.69, 9.17) is 5.90 Å². The molecular formula is C15H17N3O2. The van der Waals surface area contributed by atoms with Crippen LogP contribution in [0.2, 0.25) is 0 Å². The number of hydrogen-bond donors (Lipinski definition) is 1. The van der Waals surface area contributed by atoms with Gasteiger partial charge in [-0.1, -0.05) is 35.0 Å². The lowest BCUT2D eigenvalue weighted by Crippen LogP contribution is -2.09. The first kappa shape index (κ1) is 14.0. The van der Waals surface area contributed by atoms with Crippen LogP contribution in [0.15, 0.2) is 41.6 Å². The molecule has 2 aromatic rings. The quantitative estimate of drug-likeness (QED) is 0.513. The van der Waals surface area contributed by atoms with Crippen molar-refractivity contribution in [2.45, 2.75) is 13.3 Å². The summed E-state index contributed by atoms with van der Waals surface area (Å²) in [6, 6.07) is 11.3. The Kier molecular flexibility index (Phi) is 4.32. The Morgan fingerprint density at radius 3 is 2.65 bits per heavy atom. The standard InChI is InChI=1S/C15H17N3O2/c1-11-3-5-12(6-4-11)15(19)14-8-7-13(18(14)2)9-10-17-20-16/h3-8,10H,9,16H2,1-2H3/b17-10+. The van der Waals surface area contributed by atoms with Crippen LogP contribution in [0, 0.1) is 6.92 Å². The lowest BCUT2D eigenvalue weighted by atomic mass is 10.1. The summed E-state index contributed by atoms with van der Waals surface area (Å²) in [6.45, 7) is 1.99. The molecule has 104 valence electrons. The molecule has 2 rings (SSSR count). The Balaban J connectivity index is 2.23. The molecule has 0 unspecified atom stereocenters. The van der Waals surface area contributed by atoms with Crippen molar-refractivity contribution in [3.05, 3.63) is 58.9 Å². The van der Waals surface area contributed by atoms with E-state index in [1.807, 2.05) is 54.9 Å². The minimum atomic E-state index is 0.00534. The highest BCUT2D eigenvalue weighted by Crippen LogP contribution is 2.14. The lowest BCUT2D eigenvalue weighted by molar-refractivity contribution is 0.103. The number of benzene rings is 1. The number of aromatic nitrogens is 1. The maximum atomic E-state index is 12.4. The second-order valence-electron chi connectivity index (χ2n) is 4.56. The maximum Gasteiger partial charge on any atom is 0.209 e. The number of ketones is 1. The Hall–Kier alpha value is -2.40. The molecule has 1 aromatic heterocycles. The number of oxime groups is 1. The highest BCUT2D eigenvalue weighted by atomic mass is 16.7. The monoisotopic (exact) mass is 271 g/mol. The molecule has 0 aliphatic carbocycles. The van der Waals surface area contributed by atoms with Crippen molar-refractivity contribution in [3.63, 3.8) is 0 Å². The molecule has 5 nitrogen and oxygen atoms in total. The predicted molar refractivity (Wildman–Crippen MR) is 77.5 cm³/mol. The van der Waals surface area contributed by atoms with E-state index in [2.05, 4.69) is 10.1 Å². The molecule has 0 saturated heterocycles. The SMILES string of the molecule is Cc1ccc(C(=O)c2ccc(C/C=N/ON)n2C)cc1. The van der Waals surface area contributed by atoms with E-state index >= 15 is 0 Å². The minimum Gasteiger partial charge on any atom is -0.345 e. The van der Waals surface area contributed by atoms with E-state index in [0.717, 1.165) is 11.3 Å². The number of aryl methyl sites for hydroxylation is 1. The number of hydrogen-bond acceptors (Lipinski definition) is 4. The smallest absolute Gasteiger partial charge is 0.209 e. The Morgan fingerprint density at radius 2 is 2.00 bits per heavy atom. The summed E-state index contributed by atoms with van der Waals surface area (Å²) in [5.41, 5.74) is 3.42. The number of carbonyl (C=O) groups is 1. The van der Waals surface area contributed by atoms with Crippen molar-refractivity contribution in [3.8, 4) is 0 Å². The predicted octanol–water partition coefficient (Wildman–Crippen LogP) is 1.98. The zero-order valence-electron chi connectivity index (χ0n) is 11.5. The van der Waals surface area contributed by atoms with Gasteiger partial charge in [0.2, 0.25) is 5.78 Å². The molecule has 0 amide bonds.